The van der Waals surface area contributed by atoms with Crippen molar-refractivity contribution >= 4 is 16.9 Å². The first kappa shape index (κ1) is 12.6. The number of carbonyl (C=O) groups is 1. The Hall–Kier alpha value is -1.84. The van der Waals surface area contributed by atoms with Gasteiger partial charge in [0.1, 0.15) is 6.54 Å². The first-order valence-electron chi connectivity index (χ1n) is 6.40. The van der Waals surface area contributed by atoms with Gasteiger partial charge in [-0.1, -0.05) is 25.5 Å². The standard InChI is InChI=1S/C14H19N3O/c1-3-6-11(2)16-14(18)9-17-10-15-12-7-4-5-8-13(12)17/h4-5,7-8,10-11H,3,6,9H2,1-2H3,(H,16,18)/t11-/m1/s1. The summed E-state index contributed by atoms with van der Waals surface area (Å²) in [5.74, 6) is 0.0408. The number of carbonyl (C=O) groups excluding carboxylic acids is 1. The fourth-order valence-electron chi connectivity index (χ4n) is 2.12. The van der Waals surface area contributed by atoms with Crippen LogP contribution in [0.5, 0.6) is 0 Å². The van der Waals surface area contributed by atoms with E-state index in [0.29, 0.717) is 6.54 Å². The minimum Gasteiger partial charge on any atom is -0.352 e. The van der Waals surface area contributed by atoms with Crippen LogP contribution in [-0.4, -0.2) is 21.5 Å². The third-order valence-electron chi connectivity index (χ3n) is 2.97. The number of benzene rings is 1. The van der Waals surface area contributed by atoms with Crippen LogP contribution in [0, 0.1) is 0 Å². The molecular weight excluding hydrogens is 226 g/mol. The summed E-state index contributed by atoms with van der Waals surface area (Å²) in [5, 5.41) is 3.00. The Morgan fingerprint density at radius 3 is 3.00 bits per heavy atom. The van der Waals surface area contributed by atoms with Gasteiger partial charge in [0.2, 0.25) is 5.91 Å². The molecule has 0 bridgehead atoms. The number of rotatable bonds is 5. The molecular formula is C14H19N3O. The molecule has 0 aliphatic carbocycles. The van der Waals surface area contributed by atoms with Gasteiger partial charge in [0.15, 0.2) is 0 Å². The molecule has 4 heteroatoms. The zero-order valence-corrected chi connectivity index (χ0v) is 10.9. The molecule has 0 saturated carbocycles. The van der Waals surface area contributed by atoms with E-state index in [0.717, 1.165) is 23.9 Å². The normalized spacial score (nSPS) is 12.6. The van der Waals surface area contributed by atoms with Gasteiger partial charge in [-0.3, -0.25) is 4.79 Å². The maximum atomic E-state index is 11.9. The highest BCUT2D eigenvalue weighted by molar-refractivity contribution is 5.80. The Morgan fingerprint density at radius 1 is 1.44 bits per heavy atom. The molecule has 0 saturated heterocycles. The van der Waals surface area contributed by atoms with Crippen LogP contribution < -0.4 is 5.32 Å². The predicted molar refractivity (Wildman–Crippen MR) is 72.2 cm³/mol. The van der Waals surface area contributed by atoms with E-state index in [2.05, 4.69) is 17.2 Å². The Balaban J connectivity index is 2.03. The van der Waals surface area contributed by atoms with Crippen LogP contribution in [0.2, 0.25) is 0 Å². The Labute approximate surface area is 107 Å². The van der Waals surface area contributed by atoms with Crippen molar-refractivity contribution in [3.05, 3.63) is 30.6 Å². The Morgan fingerprint density at radius 2 is 2.22 bits per heavy atom. The summed E-state index contributed by atoms with van der Waals surface area (Å²) >= 11 is 0. The van der Waals surface area contributed by atoms with Gasteiger partial charge in [0.25, 0.3) is 0 Å². The zero-order chi connectivity index (χ0) is 13.0. The van der Waals surface area contributed by atoms with Crippen molar-refractivity contribution in [2.45, 2.75) is 39.3 Å². The lowest BCUT2D eigenvalue weighted by Crippen LogP contribution is -2.34. The van der Waals surface area contributed by atoms with Crippen LogP contribution >= 0.6 is 0 Å². The van der Waals surface area contributed by atoms with E-state index in [4.69, 9.17) is 0 Å². The zero-order valence-electron chi connectivity index (χ0n) is 10.9. The first-order valence-corrected chi connectivity index (χ1v) is 6.40. The van der Waals surface area contributed by atoms with Crippen LogP contribution in [0.3, 0.4) is 0 Å². The molecule has 1 atom stereocenters. The summed E-state index contributed by atoms with van der Waals surface area (Å²) in [4.78, 5) is 16.1. The lowest BCUT2D eigenvalue weighted by molar-refractivity contribution is -0.122. The number of amides is 1. The fourth-order valence-corrected chi connectivity index (χ4v) is 2.12. The molecule has 2 rings (SSSR count). The van der Waals surface area contributed by atoms with Gasteiger partial charge in [0.05, 0.1) is 17.4 Å². The van der Waals surface area contributed by atoms with Gasteiger partial charge < -0.3 is 9.88 Å². The molecule has 4 nitrogen and oxygen atoms in total. The smallest absolute Gasteiger partial charge is 0.240 e. The van der Waals surface area contributed by atoms with Crippen LogP contribution in [0.15, 0.2) is 30.6 Å². The second kappa shape index (κ2) is 5.67. The minimum atomic E-state index is 0.0408. The van der Waals surface area contributed by atoms with E-state index in [-0.39, 0.29) is 11.9 Å². The quantitative estimate of drug-likeness (QED) is 0.879. The number of para-hydroxylation sites is 2. The molecule has 1 aromatic carbocycles. The van der Waals surface area contributed by atoms with E-state index < -0.39 is 0 Å². The van der Waals surface area contributed by atoms with Crippen molar-refractivity contribution in [1.29, 1.82) is 0 Å². The van der Waals surface area contributed by atoms with Gasteiger partial charge in [-0.2, -0.15) is 0 Å². The van der Waals surface area contributed by atoms with Crippen molar-refractivity contribution in [3.8, 4) is 0 Å². The number of nitrogens with one attached hydrogen (secondary N) is 1. The molecule has 0 radical (unpaired) electrons. The predicted octanol–water partition coefficient (Wildman–Crippen LogP) is 2.34. The second-order valence-electron chi connectivity index (χ2n) is 4.62. The van der Waals surface area contributed by atoms with Gasteiger partial charge in [-0.15, -0.1) is 0 Å². The average Bonchev–Trinajstić information content (AvgIpc) is 2.73. The molecule has 0 aliphatic heterocycles. The lowest BCUT2D eigenvalue weighted by atomic mass is 10.2. The molecule has 0 fully saturated rings. The van der Waals surface area contributed by atoms with Gasteiger partial charge in [-0.25, -0.2) is 4.98 Å². The maximum absolute atomic E-state index is 11.9. The molecule has 18 heavy (non-hydrogen) atoms. The van der Waals surface area contributed by atoms with E-state index in [1.54, 1.807) is 6.33 Å². The minimum absolute atomic E-state index is 0.0408. The largest absolute Gasteiger partial charge is 0.352 e. The maximum Gasteiger partial charge on any atom is 0.240 e. The van der Waals surface area contributed by atoms with Crippen molar-refractivity contribution in [2.75, 3.05) is 0 Å². The van der Waals surface area contributed by atoms with Crippen LogP contribution in [0.4, 0.5) is 0 Å². The summed E-state index contributed by atoms with van der Waals surface area (Å²) in [5.41, 5.74) is 1.92. The number of aromatic nitrogens is 2. The molecule has 0 aliphatic rings. The topological polar surface area (TPSA) is 46.9 Å². The highest BCUT2D eigenvalue weighted by atomic mass is 16.2. The van der Waals surface area contributed by atoms with Crippen molar-refractivity contribution in [1.82, 2.24) is 14.9 Å². The molecule has 1 heterocycles. The highest BCUT2D eigenvalue weighted by Gasteiger charge is 2.09. The van der Waals surface area contributed by atoms with E-state index in [9.17, 15) is 4.79 Å². The van der Waals surface area contributed by atoms with Crippen molar-refractivity contribution in [2.24, 2.45) is 0 Å². The number of nitrogens with zero attached hydrogens (tertiary/aromatic N) is 2. The van der Waals surface area contributed by atoms with Crippen LogP contribution in [0.1, 0.15) is 26.7 Å². The number of fused-ring (bicyclic) bond motifs is 1. The van der Waals surface area contributed by atoms with E-state index in [1.807, 2.05) is 35.8 Å². The number of hydrogen-bond donors (Lipinski definition) is 1. The third-order valence-corrected chi connectivity index (χ3v) is 2.97. The van der Waals surface area contributed by atoms with Crippen LogP contribution in [0.25, 0.3) is 11.0 Å². The molecule has 0 spiro atoms. The SMILES string of the molecule is CCC[C@@H](C)NC(=O)Cn1cnc2ccccc21. The Bertz CT molecular complexity index is 533. The molecule has 1 amide bonds. The molecule has 2 aromatic rings. The first-order chi connectivity index (χ1) is 8.70. The summed E-state index contributed by atoms with van der Waals surface area (Å²) in [6.07, 6.45) is 3.81. The second-order valence-corrected chi connectivity index (χ2v) is 4.62. The summed E-state index contributed by atoms with van der Waals surface area (Å²) in [6, 6.07) is 8.06. The highest BCUT2D eigenvalue weighted by Crippen LogP contribution is 2.11. The average molecular weight is 245 g/mol. The van der Waals surface area contributed by atoms with Crippen LogP contribution in [-0.2, 0) is 11.3 Å². The lowest BCUT2D eigenvalue weighted by Gasteiger charge is -2.13. The fraction of sp³-hybridized carbons (Fsp3) is 0.429. The van der Waals surface area contributed by atoms with E-state index in [1.165, 1.54) is 0 Å². The van der Waals surface area contributed by atoms with Crippen molar-refractivity contribution in [3.63, 3.8) is 0 Å². The number of imidazole rings is 1. The van der Waals surface area contributed by atoms with E-state index >= 15 is 0 Å². The molecule has 1 N–H and O–H groups in total. The summed E-state index contributed by atoms with van der Waals surface area (Å²) in [7, 11) is 0. The molecule has 96 valence electrons. The van der Waals surface area contributed by atoms with Gasteiger partial charge in [0, 0.05) is 6.04 Å². The van der Waals surface area contributed by atoms with Gasteiger partial charge >= 0.3 is 0 Å². The molecule has 1 aromatic heterocycles. The van der Waals surface area contributed by atoms with Crippen molar-refractivity contribution < 1.29 is 4.79 Å². The summed E-state index contributed by atoms with van der Waals surface area (Å²) < 4.78 is 1.88. The Kier molecular flexibility index (Phi) is 3.97. The number of hydrogen-bond acceptors (Lipinski definition) is 2. The molecule has 0 unspecified atom stereocenters. The summed E-state index contributed by atoms with van der Waals surface area (Å²) in [6.45, 7) is 4.48. The van der Waals surface area contributed by atoms with Gasteiger partial charge in [-0.05, 0) is 25.5 Å². The monoisotopic (exact) mass is 245 g/mol. The third kappa shape index (κ3) is 2.88.